The molecule has 0 aliphatic heterocycles. The normalized spacial score (nSPS) is 10.9. The molecule has 0 saturated heterocycles. The van der Waals surface area contributed by atoms with Gasteiger partial charge in [0.1, 0.15) is 18.1 Å². The van der Waals surface area contributed by atoms with Gasteiger partial charge in [-0.15, -0.1) is 0 Å². The number of nitrogens with one attached hydrogen (secondary N) is 1. The van der Waals surface area contributed by atoms with Crippen molar-refractivity contribution in [1.29, 1.82) is 0 Å². The fraction of sp³-hybridized carbons (Fsp3) is 0.261. The lowest BCUT2D eigenvalue weighted by atomic mass is 10.2. The Morgan fingerprint density at radius 1 is 1.16 bits per heavy atom. The highest BCUT2D eigenvalue weighted by molar-refractivity contribution is 6.02. The number of hydrogen-bond donors (Lipinski definition) is 1. The summed E-state index contributed by atoms with van der Waals surface area (Å²) in [5.74, 6) is 1.22. The lowest BCUT2D eigenvalue weighted by molar-refractivity contribution is 0.0992. The molecular formula is C23H25N5O3. The molecule has 1 aromatic carbocycles. The zero-order valence-corrected chi connectivity index (χ0v) is 17.8. The van der Waals surface area contributed by atoms with Crippen LogP contribution in [0, 0.1) is 13.8 Å². The van der Waals surface area contributed by atoms with Crippen LogP contribution in [0.5, 0.6) is 5.75 Å². The first-order chi connectivity index (χ1) is 15.0. The smallest absolute Gasteiger partial charge is 0.291 e. The van der Waals surface area contributed by atoms with E-state index in [4.69, 9.17) is 9.15 Å². The molecule has 8 heteroatoms. The number of carbonyl (C=O) groups is 1. The summed E-state index contributed by atoms with van der Waals surface area (Å²) < 4.78 is 15.1. The first-order valence-corrected chi connectivity index (χ1v) is 10.1. The summed E-state index contributed by atoms with van der Waals surface area (Å²) in [7, 11) is 0. The Morgan fingerprint density at radius 3 is 2.81 bits per heavy atom. The topological polar surface area (TPSA) is 87.1 Å². The van der Waals surface area contributed by atoms with Gasteiger partial charge < -0.3 is 14.5 Å². The minimum absolute atomic E-state index is 0.218. The van der Waals surface area contributed by atoms with E-state index in [-0.39, 0.29) is 18.3 Å². The fourth-order valence-electron chi connectivity index (χ4n) is 3.28. The second kappa shape index (κ2) is 8.91. The molecule has 1 N–H and O–H groups in total. The quantitative estimate of drug-likeness (QED) is 0.463. The lowest BCUT2D eigenvalue weighted by Gasteiger charge is -2.04. The Balaban J connectivity index is 1.34. The van der Waals surface area contributed by atoms with Crippen molar-refractivity contribution in [3.8, 4) is 5.75 Å². The van der Waals surface area contributed by atoms with Gasteiger partial charge in [-0.05, 0) is 50.6 Å². The summed E-state index contributed by atoms with van der Waals surface area (Å²) >= 11 is 0. The molecule has 0 aliphatic rings. The molecule has 0 fully saturated rings. The van der Waals surface area contributed by atoms with Crippen molar-refractivity contribution >= 4 is 11.6 Å². The highest BCUT2D eigenvalue weighted by Crippen LogP contribution is 2.17. The van der Waals surface area contributed by atoms with Gasteiger partial charge in [0, 0.05) is 24.0 Å². The molecule has 1 amide bonds. The highest BCUT2D eigenvalue weighted by Gasteiger charge is 2.14. The number of amides is 1. The van der Waals surface area contributed by atoms with E-state index in [0.29, 0.717) is 18.0 Å². The molecule has 8 nitrogen and oxygen atoms in total. The Hall–Kier alpha value is -3.81. The monoisotopic (exact) mass is 419 g/mol. The standard InChI is InChI=1S/C23H25N5O3/c1-4-28-17(3)18(11-25-28)13-27-14-19(12-24-27)26-23(29)22-9-8-21(31-22)15-30-20-7-5-6-16(2)10-20/h5-12,14H,4,13,15H2,1-3H3,(H,26,29). The lowest BCUT2D eigenvalue weighted by Crippen LogP contribution is -2.10. The molecule has 0 atom stereocenters. The van der Waals surface area contributed by atoms with Gasteiger partial charge in [-0.1, -0.05) is 12.1 Å². The zero-order chi connectivity index (χ0) is 21.8. The maximum atomic E-state index is 12.5. The molecule has 4 aromatic rings. The number of aryl methyl sites for hydroxylation is 2. The van der Waals surface area contributed by atoms with Crippen molar-refractivity contribution in [3.63, 3.8) is 0 Å². The van der Waals surface area contributed by atoms with Crippen molar-refractivity contribution in [3.05, 3.63) is 83.3 Å². The van der Waals surface area contributed by atoms with Crippen molar-refractivity contribution < 1.29 is 13.9 Å². The molecule has 0 spiro atoms. The van der Waals surface area contributed by atoms with Gasteiger partial charge >= 0.3 is 0 Å². The van der Waals surface area contributed by atoms with Crippen molar-refractivity contribution in [2.24, 2.45) is 0 Å². The summed E-state index contributed by atoms with van der Waals surface area (Å²) in [6, 6.07) is 11.1. The van der Waals surface area contributed by atoms with Crippen LogP contribution in [0.2, 0.25) is 0 Å². The summed E-state index contributed by atoms with van der Waals surface area (Å²) in [5.41, 5.74) is 3.91. The van der Waals surface area contributed by atoms with E-state index >= 15 is 0 Å². The van der Waals surface area contributed by atoms with Crippen molar-refractivity contribution in [1.82, 2.24) is 19.6 Å². The SMILES string of the molecule is CCn1ncc(Cn2cc(NC(=O)c3ccc(COc4cccc(C)c4)o3)cn2)c1C. The molecule has 0 bridgehead atoms. The third-order valence-electron chi connectivity index (χ3n) is 4.98. The average molecular weight is 419 g/mol. The number of nitrogens with zero attached hydrogens (tertiary/aromatic N) is 4. The molecule has 0 aliphatic carbocycles. The van der Waals surface area contributed by atoms with E-state index in [2.05, 4.69) is 22.4 Å². The molecule has 0 unspecified atom stereocenters. The predicted octanol–water partition coefficient (Wildman–Crippen LogP) is 4.19. The van der Waals surface area contributed by atoms with Crippen LogP contribution in [0.1, 0.15) is 40.1 Å². The molecule has 4 rings (SSSR count). The summed E-state index contributed by atoms with van der Waals surface area (Å²) in [6.45, 7) is 7.76. The third-order valence-corrected chi connectivity index (χ3v) is 4.98. The second-order valence-corrected chi connectivity index (χ2v) is 7.32. The first-order valence-electron chi connectivity index (χ1n) is 10.1. The number of carbonyl (C=O) groups excluding carboxylic acids is 1. The van der Waals surface area contributed by atoms with Crippen LogP contribution in [-0.2, 0) is 19.7 Å². The van der Waals surface area contributed by atoms with E-state index in [1.54, 1.807) is 29.2 Å². The minimum Gasteiger partial charge on any atom is -0.486 e. The average Bonchev–Trinajstić information content (AvgIpc) is 3.48. The first kappa shape index (κ1) is 20.5. The number of rotatable bonds is 8. The van der Waals surface area contributed by atoms with E-state index in [1.807, 2.05) is 49.0 Å². The van der Waals surface area contributed by atoms with Gasteiger partial charge in [-0.3, -0.25) is 14.2 Å². The van der Waals surface area contributed by atoms with Gasteiger partial charge in [0.15, 0.2) is 5.76 Å². The van der Waals surface area contributed by atoms with Crippen LogP contribution in [-0.4, -0.2) is 25.5 Å². The van der Waals surface area contributed by atoms with Crippen LogP contribution in [0.25, 0.3) is 0 Å². The minimum atomic E-state index is -0.337. The molecule has 160 valence electrons. The molecule has 3 heterocycles. The number of anilines is 1. The Labute approximate surface area is 180 Å². The van der Waals surface area contributed by atoms with Gasteiger partial charge in [0.2, 0.25) is 0 Å². The van der Waals surface area contributed by atoms with Crippen LogP contribution < -0.4 is 10.1 Å². The fourth-order valence-corrected chi connectivity index (χ4v) is 3.28. The largest absolute Gasteiger partial charge is 0.486 e. The maximum absolute atomic E-state index is 12.5. The summed E-state index contributed by atoms with van der Waals surface area (Å²) in [6.07, 6.45) is 5.25. The van der Waals surface area contributed by atoms with Crippen molar-refractivity contribution in [2.75, 3.05) is 5.32 Å². The van der Waals surface area contributed by atoms with Gasteiger partial charge in [0.25, 0.3) is 5.91 Å². The predicted molar refractivity (Wildman–Crippen MR) is 116 cm³/mol. The van der Waals surface area contributed by atoms with Gasteiger partial charge in [-0.25, -0.2) is 0 Å². The van der Waals surface area contributed by atoms with Crippen molar-refractivity contribution in [2.45, 2.75) is 40.5 Å². The summed E-state index contributed by atoms with van der Waals surface area (Å²) in [5, 5.41) is 11.5. The van der Waals surface area contributed by atoms with Crippen LogP contribution in [0.3, 0.4) is 0 Å². The summed E-state index contributed by atoms with van der Waals surface area (Å²) in [4.78, 5) is 12.5. The van der Waals surface area contributed by atoms with E-state index in [9.17, 15) is 4.79 Å². The number of ether oxygens (including phenoxy) is 1. The van der Waals surface area contributed by atoms with Crippen LogP contribution in [0.4, 0.5) is 5.69 Å². The second-order valence-electron chi connectivity index (χ2n) is 7.32. The van der Waals surface area contributed by atoms with Crippen LogP contribution >= 0.6 is 0 Å². The highest BCUT2D eigenvalue weighted by atomic mass is 16.5. The zero-order valence-electron chi connectivity index (χ0n) is 17.8. The third kappa shape index (κ3) is 4.85. The number of benzene rings is 1. The molecule has 31 heavy (non-hydrogen) atoms. The number of furan rings is 1. The van der Waals surface area contributed by atoms with Crippen LogP contribution in [0.15, 0.2) is 59.4 Å². The Morgan fingerprint density at radius 2 is 2.03 bits per heavy atom. The van der Waals surface area contributed by atoms with E-state index in [1.165, 1.54) is 0 Å². The van der Waals surface area contributed by atoms with Gasteiger partial charge in [-0.2, -0.15) is 10.2 Å². The number of hydrogen-bond acceptors (Lipinski definition) is 5. The van der Waals surface area contributed by atoms with Gasteiger partial charge in [0.05, 0.1) is 24.6 Å². The molecule has 3 aromatic heterocycles. The number of aromatic nitrogens is 4. The molecule has 0 saturated carbocycles. The van der Waals surface area contributed by atoms with E-state index < -0.39 is 0 Å². The Kier molecular flexibility index (Phi) is 5.88. The Bertz CT molecular complexity index is 1190. The van der Waals surface area contributed by atoms with E-state index in [0.717, 1.165) is 29.1 Å². The molecule has 0 radical (unpaired) electrons. The maximum Gasteiger partial charge on any atom is 0.291 e. The molecular weight excluding hydrogens is 394 g/mol.